The van der Waals surface area contributed by atoms with Gasteiger partial charge in [-0.15, -0.1) is 11.8 Å². The van der Waals surface area contributed by atoms with E-state index < -0.39 is 0 Å². The Kier molecular flexibility index (Phi) is 5.64. The molecule has 3 rings (SSSR count). The fourth-order valence-corrected chi connectivity index (χ4v) is 5.67. The molecule has 0 saturated carbocycles. The predicted molar refractivity (Wildman–Crippen MR) is 111 cm³/mol. The van der Waals surface area contributed by atoms with Crippen molar-refractivity contribution in [3.8, 4) is 0 Å². The molecule has 0 aromatic heterocycles. The highest BCUT2D eigenvalue weighted by Gasteiger charge is 2.41. The number of nitrogens with one attached hydrogen (secondary N) is 2. The molecule has 2 aliphatic rings. The van der Waals surface area contributed by atoms with Crippen molar-refractivity contribution in [2.75, 3.05) is 7.05 Å². The first-order chi connectivity index (χ1) is 12.3. The summed E-state index contributed by atoms with van der Waals surface area (Å²) < 4.78 is 0. The summed E-state index contributed by atoms with van der Waals surface area (Å²) in [5.41, 5.74) is 4.78. The Labute approximate surface area is 161 Å². The zero-order chi connectivity index (χ0) is 18.9. The average molecular weight is 371 g/mol. The highest BCUT2D eigenvalue weighted by Crippen LogP contribution is 2.54. The third kappa shape index (κ3) is 3.91. The number of amides is 1. The van der Waals surface area contributed by atoms with Crippen LogP contribution in [-0.4, -0.2) is 18.3 Å². The van der Waals surface area contributed by atoms with Gasteiger partial charge in [-0.05, 0) is 55.2 Å². The number of hydrogen-bond acceptors (Lipinski definition) is 3. The van der Waals surface area contributed by atoms with E-state index in [2.05, 4.69) is 38.0 Å². The van der Waals surface area contributed by atoms with Crippen molar-refractivity contribution in [1.29, 1.82) is 0 Å². The van der Waals surface area contributed by atoms with Gasteiger partial charge in [0, 0.05) is 18.0 Å². The molecule has 1 amide bonds. The van der Waals surface area contributed by atoms with Crippen LogP contribution in [0.5, 0.6) is 0 Å². The van der Waals surface area contributed by atoms with Crippen LogP contribution in [0.1, 0.15) is 56.0 Å². The van der Waals surface area contributed by atoms with E-state index in [1.54, 1.807) is 0 Å². The fraction of sp³-hybridized carbons (Fsp3) is 0.500. The van der Waals surface area contributed by atoms with Crippen LogP contribution < -0.4 is 10.6 Å². The van der Waals surface area contributed by atoms with E-state index >= 15 is 0 Å². The van der Waals surface area contributed by atoms with E-state index in [1.807, 2.05) is 43.1 Å². The smallest absolute Gasteiger partial charge is 0.252 e. The number of thioether (sulfide) groups is 1. The van der Waals surface area contributed by atoms with Gasteiger partial charge in [0.2, 0.25) is 0 Å². The SMILES string of the molecule is C=C(C)C1C2=C(CCC(C)(C)C2)SC1NC(=O)c1ccccc1CNC. The van der Waals surface area contributed by atoms with Crippen LogP contribution in [0.4, 0.5) is 0 Å². The Morgan fingerprint density at radius 1 is 1.35 bits per heavy atom. The molecular weight excluding hydrogens is 340 g/mol. The van der Waals surface area contributed by atoms with Crippen molar-refractivity contribution >= 4 is 17.7 Å². The molecule has 1 aliphatic carbocycles. The number of hydrogen-bond donors (Lipinski definition) is 2. The second-order valence-electron chi connectivity index (χ2n) is 8.31. The van der Waals surface area contributed by atoms with Crippen LogP contribution in [0.15, 0.2) is 46.9 Å². The maximum absolute atomic E-state index is 13.0. The van der Waals surface area contributed by atoms with Crippen LogP contribution >= 0.6 is 11.8 Å². The summed E-state index contributed by atoms with van der Waals surface area (Å²) in [6, 6.07) is 7.83. The molecule has 1 heterocycles. The van der Waals surface area contributed by atoms with Crippen molar-refractivity contribution in [3.05, 3.63) is 58.0 Å². The molecule has 0 spiro atoms. The molecule has 1 aromatic rings. The minimum absolute atomic E-state index is 0.0127. The third-order valence-electron chi connectivity index (χ3n) is 5.44. The van der Waals surface area contributed by atoms with E-state index in [0.29, 0.717) is 12.0 Å². The first-order valence-corrected chi connectivity index (χ1v) is 10.3. The number of carbonyl (C=O) groups is 1. The standard InChI is InChI=1S/C22H30N2OS/c1-14(2)19-17-12-22(3,4)11-10-18(17)26-21(19)24-20(25)16-9-7-6-8-15(16)13-23-5/h6-9,19,21,23H,1,10-13H2,2-5H3,(H,24,25). The molecule has 26 heavy (non-hydrogen) atoms. The van der Waals surface area contributed by atoms with Crippen molar-refractivity contribution in [3.63, 3.8) is 0 Å². The normalized spacial score (nSPS) is 24.3. The molecule has 1 aromatic carbocycles. The second-order valence-corrected chi connectivity index (χ2v) is 9.55. The van der Waals surface area contributed by atoms with Crippen LogP contribution in [0.3, 0.4) is 0 Å². The molecule has 3 nitrogen and oxygen atoms in total. The summed E-state index contributed by atoms with van der Waals surface area (Å²) in [4.78, 5) is 14.5. The molecule has 0 bridgehead atoms. The first-order valence-electron chi connectivity index (χ1n) is 9.40. The summed E-state index contributed by atoms with van der Waals surface area (Å²) in [5, 5.41) is 6.50. The molecule has 140 valence electrons. The fourth-order valence-electron chi connectivity index (χ4n) is 4.10. The third-order valence-corrected chi connectivity index (χ3v) is 6.83. The highest BCUT2D eigenvalue weighted by molar-refractivity contribution is 8.04. The lowest BCUT2D eigenvalue weighted by Gasteiger charge is -2.33. The van der Waals surface area contributed by atoms with Crippen molar-refractivity contribution in [1.82, 2.24) is 10.6 Å². The number of benzene rings is 1. The lowest BCUT2D eigenvalue weighted by Crippen LogP contribution is -2.37. The Bertz CT molecular complexity index is 750. The van der Waals surface area contributed by atoms with Crippen LogP contribution in [0.2, 0.25) is 0 Å². The summed E-state index contributed by atoms with van der Waals surface area (Å²) in [6.07, 6.45) is 3.45. The van der Waals surface area contributed by atoms with E-state index in [0.717, 1.165) is 29.5 Å². The summed E-state index contributed by atoms with van der Waals surface area (Å²) in [5.74, 6) is 0.258. The molecule has 1 aliphatic heterocycles. The topological polar surface area (TPSA) is 41.1 Å². The van der Waals surface area contributed by atoms with Gasteiger partial charge in [0.25, 0.3) is 5.91 Å². The first kappa shape index (κ1) is 19.2. The molecule has 0 radical (unpaired) electrons. The van der Waals surface area contributed by atoms with E-state index in [9.17, 15) is 4.79 Å². The number of allylic oxidation sites excluding steroid dienone is 1. The van der Waals surface area contributed by atoms with E-state index in [-0.39, 0.29) is 17.2 Å². The largest absolute Gasteiger partial charge is 0.339 e. The maximum Gasteiger partial charge on any atom is 0.252 e. The van der Waals surface area contributed by atoms with Gasteiger partial charge in [-0.2, -0.15) is 0 Å². The van der Waals surface area contributed by atoms with Gasteiger partial charge < -0.3 is 10.6 Å². The van der Waals surface area contributed by atoms with Gasteiger partial charge in [0.1, 0.15) is 0 Å². The molecule has 0 saturated heterocycles. The quantitative estimate of drug-likeness (QED) is 0.727. The van der Waals surface area contributed by atoms with Gasteiger partial charge in [-0.3, -0.25) is 4.79 Å². The van der Waals surface area contributed by atoms with Gasteiger partial charge in [-0.1, -0.05) is 49.8 Å². The van der Waals surface area contributed by atoms with Gasteiger partial charge in [-0.25, -0.2) is 0 Å². The number of carbonyl (C=O) groups excluding carboxylic acids is 1. The molecule has 4 heteroatoms. The molecule has 2 atom stereocenters. The van der Waals surface area contributed by atoms with Crippen LogP contribution in [0.25, 0.3) is 0 Å². The minimum Gasteiger partial charge on any atom is -0.339 e. The molecular formula is C22H30N2OS. The van der Waals surface area contributed by atoms with Crippen LogP contribution in [0, 0.1) is 11.3 Å². The highest BCUT2D eigenvalue weighted by atomic mass is 32.2. The monoisotopic (exact) mass is 370 g/mol. The second kappa shape index (κ2) is 7.61. The Hall–Kier alpha value is -1.52. The van der Waals surface area contributed by atoms with E-state index in [4.69, 9.17) is 0 Å². The van der Waals surface area contributed by atoms with Crippen molar-refractivity contribution in [2.24, 2.45) is 11.3 Å². The van der Waals surface area contributed by atoms with Gasteiger partial charge >= 0.3 is 0 Å². The summed E-state index contributed by atoms with van der Waals surface area (Å²) >= 11 is 1.85. The van der Waals surface area contributed by atoms with Gasteiger partial charge in [0.05, 0.1) is 5.37 Å². The summed E-state index contributed by atoms with van der Waals surface area (Å²) in [6.45, 7) is 11.7. The average Bonchev–Trinajstić information content (AvgIpc) is 2.91. The zero-order valence-corrected chi connectivity index (χ0v) is 17.1. The lowest BCUT2D eigenvalue weighted by molar-refractivity contribution is 0.0945. The molecule has 2 N–H and O–H groups in total. The van der Waals surface area contributed by atoms with Gasteiger partial charge in [0.15, 0.2) is 0 Å². The molecule has 2 unspecified atom stereocenters. The number of rotatable bonds is 5. The van der Waals surface area contributed by atoms with Crippen molar-refractivity contribution in [2.45, 2.75) is 52.0 Å². The van der Waals surface area contributed by atoms with Crippen molar-refractivity contribution < 1.29 is 4.79 Å². The van der Waals surface area contributed by atoms with Crippen LogP contribution in [-0.2, 0) is 6.54 Å². The lowest BCUT2D eigenvalue weighted by atomic mass is 9.73. The Morgan fingerprint density at radius 3 is 2.77 bits per heavy atom. The Balaban J connectivity index is 1.80. The van der Waals surface area contributed by atoms with E-state index in [1.165, 1.54) is 16.9 Å². The molecule has 0 fully saturated rings. The Morgan fingerprint density at radius 2 is 2.08 bits per heavy atom. The minimum atomic E-state index is 0.0127. The maximum atomic E-state index is 13.0. The predicted octanol–water partition coefficient (Wildman–Crippen LogP) is 4.87. The zero-order valence-electron chi connectivity index (χ0n) is 16.3. The summed E-state index contributed by atoms with van der Waals surface area (Å²) in [7, 11) is 1.90.